The zero-order chi connectivity index (χ0) is 9.97. The minimum Gasteiger partial charge on any atom is -0.329 e. The summed E-state index contributed by atoms with van der Waals surface area (Å²) in [4.78, 5) is 6.27. The summed E-state index contributed by atoms with van der Waals surface area (Å²) in [5, 5.41) is 2.98. The minimum atomic E-state index is -0.719. The molecule has 6 heteroatoms. The molecule has 86 valence electrons. The average Bonchev–Trinajstić information content (AvgIpc) is 2.76. The first kappa shape index (κ1) is 12.8. The first-order chi connectivity index (χ1) is 6.79. The fraction of sp³-hybridized carbons (Fsp3) is 0.667. The van der Waals surface area contributed by atoms with Crippen molar-refractivity contribution in [1.82, 2.24) is 9.88 Å². The van der Waals surface area contributed by atoms with Gasteiger partial charge in [0, 0.05) is 30.7 Å². The van der Waals surface area contributed by atoms with E-state index in [0.29, 0.717) is 19.5 Å². The number of aromatic nitrogens is 1. The number of nitrogens with two attached hydrogens (primary N) is 1. The number of nitrogens with zero attached hydrogens (tertiary/aromatic N) is 2. The molecule has 0 aliphatic carbocycles. The summed E-state index contributed by atoms with van der Waals surface area (Å²) in [6, 6.07) is 0.189. The van der Waals surface area contributed by atoms with Gasteiger partial charge in [0.05, 0.1) is 6.54 Å². The van der Waals surface area contributed by atoms with Crippen LogP contribution in [0.2, 0.25) is 0 Å². The van der Waals surface area contributed by atoms with Crippen molar-refractivity contribution in [1.29, 1.82) is 0 Å². The molecule has 1 saturated heterocycles. The van der Waals surface area contributed by atoms with Crippen LogP contribution in [0.5, 0.6) is 0 Å². The summed E-state index contributed by atoms with van der Waals surface area (Å²) in [5.41, 5.74) is 5.59. The molecule has 2 atom stereocenters. The van der Waals surface area contributed by atoms with E-state index in [4.69, 9.17) is 5.73 Å². The quantitative estimate of drug-likeness (QED) is 0.884. The third kappa shape index (κ3) is 3.11. The van der Waals surface area contributed by atoms with Crippen LogP contribution in [0.4, 0.5) is 4.39 Å². The molecular weight excluding hydrogens is 237 g/mol. The number of likely N-dealkylation sites (tertiary alicyclic amines) is 1. The fourth-order valence-electron chi connectivity index (χ4n) is 1.87. The number of hydrogen-bond acceptors (Lipinski definition) is 4. The number of thiazole rings is 1. The molecule has 1 aliphatic rings. The third-order valence-electron chi connectivity index (χ3n) is 2.57. The Balaban J connectivity index is 0.00000112. The smallest absolute Gasteiger partial charge is 0.114 e. The van der Waals surface area contributed by atoms with Gasteiger partial charge in [0.25, 0.3) is 0 Å². The molecule has 15 heavy (non-hydrogen) atoms. The normalized spacial score (nSPS) is 26.5. The standard InChI is InChI=1S/C9H14FN3S.ClH/c10-7-3-8(4-11)13(5-7)6-9-12-1-2-14-9;/h1-2,7-8H,3-6,11H2;1H/t7-,8-;/m0./s1. The number of alkyl halides is 1. The Morgan fingerprint density at radius 3 is 3.07 bits per heavy atom. The molecule has 1 aliphatic heterocycles. The van der Waals surface area contributed by atoms with E-state index in [1.807, 2.05) is 5.38 Å². The lowest BCUT2D eigenvalue weighted by molar-refractivity contribution is 0.238. The van der Waals surface area contributed by atoms with Crippen LogP contribution in [0, 0.1) is 0 Å². The molecule has 0 radical (unpaired) electrons. The Labute approximate surface area is 98.9 Å². The molecule has 0 aromatic carbocycles. The van der Waals surface area contributed by atoms with Crippen LogP contribution >= 0.6 is 23.7 Å². The van der Waals surface area contributed by atoms with Gasteiger partial charge in [-0.05, 0) is 6.42 Å². The van der Waals surface area contributed by atoms with Gasteiger partial charge in [0.1, 0.15) is 11.2 Å². The lowest BCUT2D eigenvalue weighted by atomic mass is 10.2. The van der Waals surface area contributed by atoms with Crippen LogP contribution < -0.4 is 5.73 Å². The van der Waals surface area contributed by atoms with E-state index in [1.165, 1.54) is 0 Å². The SMILES string of the molecule is Cl.NC[C@@H]1C[C@H](F)CN1Cc1nccs1. The predicted molar refractivity (Wildman–Crippen MR) is 62.1 cm³/mol. The molecule has 2 N–H and O–H groups in total. The van der Waals surface area contributed by atoms with Gasteiger partial charge >= 0.3 is 0 Å². The molecule has 0 unspecified atom stereocenters. The van der Waals surface area contributed by atoms with Gasteiger partial charge in [-0.3, -0.25) is 4.90 Å². The first-order valence-electron chi connectivity index (χ1n) is 4.76. The van der Waals surface area contributed by atoms with E-state index in [2.05, 4.69) is 9.88 Å². The van der Waals surface area contributed by atoms with E-state index in [9.17, 15) is 4.39 Å². The predicted octanol–water partition coefficient (Wildman–Crippen LogP) is 1.44. The Morgan fingerprint density at radius 2 is 2.47 bits per heavy atom. The molecule has 2 rings (SSSR count). The lowest BCUT2D eigenvalue weighted by Gasteiger charge is -2.20. The maximum Gasteiger partial charge on any atom is 0.114 e. The maximum absolute atomic E-state index is 13.1. The molecule has 3 nitrogen and oxygen atoms in total. The monoisotopic (exact) mass is 251 g/mol. The molecule has 1 aromatic heterocycles. The van der Waals surface area contributed by atoms with Gasteiger partial charge in [-0.2, -0.15) is 0 Å². The van der Waals surface area contributed by atoms with Crippen LogP contribution in [0.1, 0.15) is 11.4 Å². The largest absolute Gasteiger partial charge is 0.329 e. The number of halogens is 2. The second-order valence-corrected chi connectivity index (χ2v) is 4.56. The number of rotatable bonds is 3. The van der Waals surface area contributed by atoms with Crippen molar-refractivity contribution < 1.29 is 4.39 Å². The van der Waals surface area contributed by atoms with Crippen LogP contribution in [0.25, 0.3) is 0 Å². The second-order valence-electron chi connectivity index (χ2n) is 3.58. The van der Waals surface area contributed by atoms with Crippen molar-refractivity contribution >= 4 is 23.7 Å². The number of hydrogen-bond donors (Lipinski definition) is 1. The minimum absolute atomic E-state index is 0. The van der Waals surface area contributed by atoms with Crippen LogP contribution in [0.3, 0.4) is 0 Å². The maximum atomic E-state index is 13.1. The second kappa shape index (κ2) is 5.75. The van der Waals surface area contributed by atoms with E-state index in [1.54, 1.807) is 17.5 Å². The Bertz CT molecular complexity index is 283. The molecule has 0 spiro atoms. The van der Waals surface area contributed by atoms with Crippen LogP contribution in [0.15, 0.2) is 11.6 Å². The molecular formula is C9H15ClFN3S. The van der Waals surface area contributed by atoms with Gasteiger partial charge in [0.2, 0.25) is 0 Å². The van der Waals surface area contributed by atoms with Crippen molar-refractivity contribution in [2.24, 2.45) is 5.73 Å². The van der Waals surface area contributed by atoms with E-state index in [0.717, 1.165) is 11.6 Å². The molecule has 1 fully saturated rings. The van der Waals surface area contributed by atoms with Crippen molar-refractivity contribution in [3.63, 3.8) is 0 Å². The summed E-state index contributed by atoms with van der Waals surface area (Å²) < 4.78 is 13.1. The van der Waals surface area contributed by atoms with Gasteiger partial charge in [-0.15, -0.1) is 23.7 Å². The fourth-order valence-corrected chi connectivity index (χ4v) is 2.51. The molecule has 0 bridgehead atoms. The lowest BCUT2D eigenvalue weighted by Crippen LogP contribution is -2.34. The van der Waals surface area contributed by atoms with Crippen LogP contribution in [-0.4, -0.2) is 35.2 Å². The Hall–Kier alpha value is -0.230. The highest BCUT2D eigenvalue weighted by molar-refractivity contribution is 7.09. The van der Waals surface area contributed by atoms with Crippen LogP contribution in [-0.2, 0) is 6.54 Å². The third-order valence-corrected chi connectivity index (χ3v) is 3.34. The van der Waals surface area contributed by atoms with Crippen molar-refractivity contribution in [2.75, 3.05) is 13.1 Å². The van der Waals surface area contributed by atoms with E-state index < -0.39 is 6.17 Å². The highest BCUT2D eigenvalue weighted by Crippen LogP contribution is 2.22. The van der Waals surface area contributed by atoms with Gasteiger partial charge < -0.3 is 5.73 Å². The summed E-state index contributed by atoms with van der Waals surface area (Å²) in [6.45, 7) is 1.77. The van der Waals surface area contributed by atoms with Crippen molar-refractivity contribution in [2.45, 2.75) is 25.2 Å². The highest BCUT2D eigenvalue weighted by Gasteiger charge is 2.31. The average molecular weight is 252 g/mol. The van der Waals surface area contributed by atoms with Gasteiger partial charge in [-0.25, -0.2) is 9.37 Å². The summed E-state index contributed by atoms with van der Waals surface area (Å²) in [5.74, 6) is 0. The van der Waals surface area contributed by atoms with Gasteiger partial charge in [0.15, 0.2) is 0 Å². The van der Waals surface area contributed by atoms with Crippen molar-refractivity contribution in [3.8, 4) is 0 Å². The zero-order valence-corrected chi connectivity index (χ0v) is 9.94. The molecule has 2 heterocycles. The summed E-state index contributed by atoms with van der Waals surface area (Å²) in [7, 11) is 0. The van der Waals surface area contributed by atoms with E-state index in [-0.39, 0.29) is 18.4 Å². The Kier molecular flexibility index (Phi) is 4.92. The van der Waals surface area contributed by atoms with Gasteiger partial charge in [-0.1, -0.05) is 0 Å². The molecule has 1 aromatic rings. The van der Waals surface area contributed by atoms with E-state index >= 15 is 0 Å². The summed E-state index contributed by atoms with van der Waals surface area (Å²) >= 11 is 1.61. The topological polar surface area (TPSA) is 42.1 Å². The highest BCUT2D eigenvalue weighted by atomic mass is 35.5. The molecule has 0 saturated carbocycles. The first-order valence-corrected chi connectivity index (χ1v) is 5.64. The zero-order valence-electron chi connectivity index (χ0n) is 8.30. The summed E-state index contributed by atoms with van der Waals surface area (Å²) in [6.07, 6.45) is 1.63. The Morgan fingerprint density at radius 1 is 1.67 bits per heavy atom. The van der Waals surface area contributed by atoms with Crippen molar-refractivity contribution in [3.05, 3.63) is 16.6 Å². The molecule has 0 amide bonds.